The Morgan fingerprint density at radius 2 is 0.800 bits per heavy atom. The van der Waals surface area contributed by atoms with Crippen LogP contribution in [0.25, 0.3) is 0 Å². The van der Waals surface area contributed by atoms with Gasteiger partial charge >= 0.3 is 0 Å². The van der Waals surface area contributed by atoms with Gasteiger partial charge in [0.15, 0.2) is 0 Å². The summed E-state index contributed by atoms with van der Waals surface area (Å²) in [7, 11) is -4.69. The monoisotopic (exact) mass is 227 g/mol. The van der Waals surface area contributed by atoms with E-state index < -0.39 is 10.2 Å². The summed E-state index contributed by atoms with van der Waals surface area (Å²) >= 11 is 0. The Kier molecular flexibility index (Phi) is 76.1. The second-order valence-corrected chi connectivity index (χ2v) is 1.19. The quantitative estimate of drug-likeness (QED) is 0.398. The normalized spacial score (nSPS) is 6.00. The minimum Gasteiger partial charge on any atom is -0.412 e. The van der Waals surface area contributed by atoms with Gasteiger partial charge in [-0.15, -0.1) is 0 Å². The van der Waals surface area contributed by atoms with E-state index >= 15 is 0 Å². The molecule has 0 heterocycles. The number of rotatable bonds is 0. The Morgan fingerprint density at radius 1 is 0.800 bits per heavy atom. The van der Waals surface area contributed by atoms with Crippen LogP contribution in [0.5, 0.6) is 0 Å². The van der Waals surface area contributed by atoms with E-state index in [9.17, 15) is 0 Å². The van der Waals surface area contributed by atoms with Crippen LogP contribution in [0.3, 0.4) is 0 Å². The first-order valence-corrected chi connectivity index (χ1v) is 1.90. The molecule has 0 aliphatic heterocycles. The summed E-state index contributed by atoms with van der Waals surface area (Å²) in [6.45, 7) is 0. The van der Waals surface area contributed by atoms with Crippen molar-refractivity contribution in [2.24, 2.45) is 0 Å². The predicted octanol–water partition coefficient (Wildman–Crippen LogP) is -7.43. The molecule has 0 aromatic heterocycles. The topological polar surface area (TPSA) is 215 Å². The zero-order chi connectivity index (χ0) is 4.50. The zero-order valence-electron chi connectivity index (χ0n) is 4.43. The average Bonchev–Trinajstić information content (AvgIpc) is 0.722. The average molecular weight is 227 g/mol. The van der Waals surface area contributed by atoms with E-state index in [1.165, 1.54) is 0 Å². The fraction of sp³-hybridized carbons (Fsp3) is 0. The molecule has 0 saturated carbocycles. The Hall–Kier alpha value is 0.489. The molecule has 0 unspecified atom stereocenters. The molecule has 0 aromatic carbocycles. The molecule has 0 spiro atoms. The summed E-state index contributed by atoms with van der Waals surface area (Å²) < 4.78 is 32.7. The maximum absolute atomic E-state index is 8.60. The molecule has 0 aliphatic carbocycles. The van der Waals surface area contributed by atoms with Crippen molar-refractivity contribution in [2.75, 3.05) is 0 Å². The standard InChI is InChI=1S/ClHO4.Mn.4H2O/c2-1(3,4)5;;;;;/h(H,2,3,4,5);;4*1H2. The molecule has 0 aliphatic rings. The van der Waals surface area contributed by atoms with E-state index in [1.807, 2.05) is 0 Å². The van der Waals surface area contributed by atoms with Crippen molar-refractivity contribution >= 4 is 0 Å². The van der Waals surface area contributed by atoms with Crippen LogP contribution in [0.15, 0.2) is 0 Å². The number of halogens is 1. The van der Waals surface area contributed by atoms with Crippen molar-refractivity contribution in [1.29, 1.82) is 0 Å². The summed E-state index contributed by atoms with van der Waals surface area (Å²) in [5.74, 6) is 0. The second kappa shape index (κ2) is 16.2. The predicted molar refractivity (Wildman–Crippen MR) is 16.7 cm³/mol. The molecule has 0 aromatic rings. The number of hydrogen-bond acceptors (Lipinski definition) is 4. The van der Waals surface area contributed by atoms with Gasteiger partial charge in [0, 0.05) is 17.1 Å². The number of hydrogen-bond donors (Lipinski definition) is 1. The minimum atomic E-state index is -4.69. The summed E-state index contributed by atoms with van der Waals surface area (Å²) in [5, 5.41) is 0. The third kappa shape index (κ3) is 1990. The molecule has 0 bridgehead atoms. The van der Waals surface area contributed by atoms with Crippen molar-refractivity contribution in [3.63, 3.8) is 0 Å². The van der Waals surface area contributed by atoms with Crippen LogP contribution in [0.4, 0.5) is 0 Å². The first-order valence-electron chi connectivity index (χ1n) is 0.632. The summed E-state index contributed by atoms with van der Waals surface area (Å²) in [6, 6.07) is 0. The maximum atomic E-state index is 8.60. The van der Waals surface area contributed by atoms with Gasteiger partial charge in [0.2, 0.25) is 0 Å². The SMILES string of the molecule is O.O.O.O.[Mn].[O-][Cl+3]([O-])([O-])O. The third-order valence-corrected chi connectivity index (χ3v) is 0. The molecule has 1 radical (unpaired) electrons. The van der Waals surface area contributed by atoms with Gasteiger partial charge in [-0.3, -0.25) is 0 Å². The molecule has 0 atom stereocenters. The van der Waals surface area contributed by atoms with E-state index in [2.05, 4.69) is 0 Å². The largest absolute Gasteiger partial charge is 0.412 e. The van der Waals surface area contributed by atoms with Crippen LogP contribution in [0, 0.1) is 10.2 Å². The Labute approximate surface area is 68.5 Å². The first kappa shape index (κ1) is 46.9. The fourth-order valence-corrected chi connectivity index (χ4v) is 0. The molecule has 0 fully saturated rings. The minimum absolute atomic E-state index is 0. The van der Waals surface area contributed by atoms with Gasteiger partial charge in [-0.25, -0.2) is 0 Å². The van der Waals surface area contributed by atoms with E-state index in [1.54, 1.807) is 0 Å². The third-order valence-electron chi connectivity index (χ3n) is 0. The molecule has 9 N–H and O–H groups in total. The summed E-state index contributed by atoms with van der Waals surface area (Å²) in [4.78, 5) is 0. The van der Waals surface area contributed by atoms with Gasteiger partial charge in [0.05, 0.1) is 14.9 Å². The van der Waals surface area contributed by atoms with E-state index in [4.69, 9.17) is 18.6 Å². The van der Waals surface area contributed by atoms with Gasteiger partial charge in [-0.1, -0.05) is 0 Å². The van der Waals surface area contributed by atoms with Gasteiger partial charge in [0.25, 0.3) is 0 Å². The first-order chi connectivity index (χ1) is 2.00. The fourth-order valence-electron chi connectivity index (χ4n) is 0. The summed E-state index contributed by atoms with van der Waals surface area (Å²) in [5.41, 5.74) is 0. The molecule has 0 rings (SSSR count). The van der Waals surface area contributed by atoms with E-state index in [0.29, 0.717) is 0 Å². The van der Waals surface area contributed by atoms with Crippen LogP contribution in [0.1, 0.15) is 0 Å². The molecular weight excluding hydrogens is 218 g/mol. The van der Waals surface area contributed by atoms with Crippen LogP contribution >= 0.6 is 0 Å². The Morgan fingerprint density at radius 3 is 0.800 bits per heavy atom. The van der Waals surface area contributed by atoms with E-state index in [-0.39, 0.29) is 39.0 Å². The molecule has 8 nitrogen and oxygen atoms in total. The van der Waals surface area contributed by atoms with Crippen LogP contribution < -0.4 is 14.0 Å². The van der Waals surface area contributed by atoms with Crippen LogP contribution in [0.2, 0.25) is 0 Å². The second-order valence-electron chi connectivity index (χ2n) is 0.396. The molecule has 10 heteroatoms. The van der Waals surface area contributed by atoms with Gasteiger partial charge in [-0.2, -0.15) is 14.0 Å². The van der Waals surface area contributed by atoms with E-state index in [0.717, 1.165) is 0 Å². The molecule has 0 amide bonds. The van der Waals surface area contributed by atoms with Crippen molar-refractivity contribution in [1.82, 2.24) is 0 Å². The van der Waals surface area contributed by atoms with Crippen molar-refractivity contribution < 1.29 is 67.9 Å². The molecule has 0 saturated heterocycles. The zero-order valence-corrected chi connectivity index (χ0v) is 6.36. The van der Waals surface area contributed by atoms with Crippen LogP contribution in [-0.4, -0.2) is 26.6 Å². The van der Waals surface area contributed by atoms with Crippen LogP contribution in [-0.2, 0) is 17.1 Å². The summed E-state index contributed by atoms with van der Waals surface area (Å²) in [6.07, 6.45) is 0. The Bertz CT molecular complexity index is 24.7. The maximum Gasteiger partial charge on any atom is 0.0777 e. The molecule has 10 heavy (non-hydrogen) atoms. The Balaban J connectivity index is -0.00000000800. The van der Waals surface area contributed by atoms with Crippen molar-refractivity contribution in [3.8, 4) is 0 Å². The van der Waals surface area contributed by atoms with Gasteiger partial charge in [0.1, 0.15) is 0 Å². The smallest absolute Gasteiger partial charge is 0.0777 e. The van der Waals surface area contributed by atoms with Crippen molar-refractivity contribution in [2.45, 2.75) is 0 Å². The van der Waals surface area contributed by atoms with Gasteiger partial charge < -0.3 is 21.9 Å². The molecular formula is H9ClMnO8. The molecule has 71 valence electrons. The van der Waals surface area contributed by atoms with Crippen molar-refractivity contribution in [3.05, 3.63) is 0 Å². The van der Waals surface area contributed by atoms with Gasteiger partial charge in [-0.05, 0) is 0 Å².